The summed E-state index contributed by atoms with van der Waals surface area (Å²) in [5.74, 6) is 0.922. The third-order valence-corrected chi connectivity index (χ3v) is 3.63. The standard InChI is InChI=1S/C13H18N4O/c1-9-11-7-10(8-18)12(17-5-3-4-6-17)14-13(11)16(2)15-9/h7,18H,3-6,8H2,1-2H3. The first-order chi connectivity index (χ1) is 8.70. The van der Waals surface area contributed by atoms with Gasteiger partial charge in [0.05, 0.1) is 12.3 Å². The monoisotopic (exact) mass is 246 g/mol. The Hall–Kier alpha value is -1.62. The second-order valence-corrected chi connectivity index (χ2v) is 4.90. The van der Waals surface area contributed by atoms with Crippen molar-refractivity contribution < 1.29 is 5.11 Å². The average Bonchev–Trinajstić information content (AvgIpc) is 2.98. The predicted molar refractivity (Wildman–Crippen MR) is 70.6 cm³/mol. The van der Waals surface area contributed by atoms with Crippen LogP contribution in [0.5, 0.6) is 0 Å². The number of hydrogen-bond donors (Lipinski definition) is 1. The maximum atomic E-state index is 9.54. The van der Waals surface area contributed by atoms with E-state index in [1.165, 1.54) is 12.8 Å². The molecular formula is C13H18N4O. The van der Waals surface area contributed by atoms with Crippen molar-refractivity contribution in [3.63, 3.8) is 0 Å². The molecule has 3 rings (SSSR count). The average molecular weight is 246 g/mol. The van der Waals surface area contributed by atoms with Crippen LogP contribution in [-0.4, -0.2) is 33.0 Å². The molecule has 96 valence electrons. The summed E-state index contributed by atoms with van der Waals surface area (Å²) >= 11 is 0. The number of rotatable bonds is 2. The molecule has 0 spiro atoms. The van der Waals surface area contributed by atoms with Gasteiger partial charge in [-0.15, -0.1) is 0 Å². The van der Waals surface area contributed by atoms with Gasteiger partial charge in [-0.05, 0) is 25.8 Å². The number of pyridine rings is 1. The number of hydrogen-bond acceptors (Lipinski definition) is 4. The van der Waals surface area contributed by atoms with Gasteiger partial charge in [-0.3, -0.25) is 4.68 Å². The zero-order chi connectivity index (χ0) is 12.7. The van der Waals surface area contributed by atoms with Crippen LogP contribution in [0.4, 0.5) is 5.82 Å². The maximum absolute atomic E-state index is 9.54. The zero-order valence-corrected chi connectivity index (χ0v) is 10.8. The minimum Gasteiger partial charge on any atom is -0.392 e. The zero-order valence-electron chi connectivity index (χ0n) is 10.8. The fourth-order valence-corrected chi connectivity index (χ4v) is 2.69. The highest BCUT2D eigenvalue weighted by atomic mass is 16.3. The molecule has 0 atom stereocenters. The molecule has 0 aromatic carbocycles. The molecule has 0 unspecified atom stereocenters. The van der Waals surface area contributed by atoms with Crippen LogP contribution in [0.1, 0.15) is 24.1 Å². The number of fused-ring (bicyclic) bond motifs is 1. The molecule has 0 amide bonds. The van der Waals surface area contributed by atoms with Crippen LogP contribution < -0.4 is 4.90 Å². The van der Waals surface area contributed by atoms with E-state index < -0.39 is 0 Å². The Bertz CT molecular complexity index is 584. The number of aryl methyl sites for hydroxylation is 2. The molecule has 1 saturated heterocycles. The Kier molecular flexibility index (Phi) is 2.70. The van der Waals surface area contributed by atoms with E-state index in [1.807, 2.05) is 24.7 Å². The molecule has 1 fully saturated rings. The van der Waals surface area contributed by atoms with Gasteiger partial charge >= 0.3 is 0 Å². The van der Waals surface area contributed by atoms with Gasteiger partial charge in [0, 0.05) is 31.1 Å². The van der Waals surface area contributed by atoms with E-state index in [1.54, 1.807) is 0 Å². The number of anilines is 1. The van der Waals surface area contributed by atoms with Gasteiger partial charge in [-0.25, -0.2) is 4.98 Å². The van der Waals surface area contributed by atoms with Crippen molar-refractivity contribution in [1.29, 1.82) is 0 Å². The van der Waals surface area contributed by atoms with Crippen molar-refractivity contribution >= 4 is 16.9 Å². The molecule has 2 aromatic rings. The molecule has 0 aliphatic carbocycles. The number of aliphatic hydroxyl groups excluding tert-OH is 1. The lowest BCUT2D eigenvalue weighted by molar-refractivity contribution is 0.282. The van der Waals surface area contributed by atoms with Crippen LogP contribution in [0.3, 0.4) is 0 Å². The van der Waals surface area contributed by atoms with E-state index in [4.69, 9.17) is 4.98 Å². The molecule has 18 heavy (non-hydrogen) atoms. The lowest BCUT2D eigenvalue weighted by Gasteiger charge is -2.19. The summed E-state index contributed by atoms with van der Waals surface area (Å²) in [6.45, 7) is 4.06. The van der Waals surface area contributed by atoms with Gasteiger partial charge in [0.2, 0.25) is 0 Å². The molecule has 0 bridgehead atoms. The number of nitrogens with zero attached hydrogens (tertiary/aromatic N) is 4. The van der Waals surface area contributed by atoms with Crippen LogP contribution in [0.25, 0.3) is 11.0 Å². The Labute approximate surface area is 106 Å². The van der Waals surface area contributed by atoms with Gasteiger partial charge in [0.1, 0.15) is 5.82 Å². The fourth-order valence-electron chi connectivity index (χ4n) is 2.69. The highest BCUT2D eigenvalue weighted by Gasteiger charge is 2.19. The number of aliphatic hydroxyl groups is 1. The Morgan fingerprint density at radius 3 is 2.72 bits per heavy atom. The molecule has 0 saturated carbocycles. The summed E-state index contributed by atoms with van der Waals surface area (Å²) in [5, 5.41) is 15.0. The van der Waals surface area contributed by atoms with E-state index in [-0.39, 0.29) is 6.61 Å². The van der Waals surface area contributed by atoms with Crippen molar-refractivity contribution in [1.82, 2.24) is 14.8 Å². The van der Waals surface area contributed by atoms with E-state index in [0.717, 1.165) is 41.2 Å². The molecule has 1 aliphatic rings. The summed E-state index contributed by atoms with van der Waals surface area (Å²) < 4.78 is 1.81. The van der Waals surface area contributed by atoms with Crippen LogP contribution in [-0.2, 0) is 13.7 Å². The largest absolute Gasteiger partial charge is 0.392 e. The molecule has 2 aromatic heterocycles. The predicted octanol–water partition coefficient (Wildman–Crippen LogP) is 1.37. The van der Waals surface area contributed by atoms with Crippen molar-refractivity contribution in [2.24, 2.45) is 7.05 Å². The van der Waals surface area contributed by atoms with Crippen molar-refractivity contribution in [3.05, 3.63) is 17.3 Å². The fraction of sp³-hybridized carbons (Fsp3) is 0.538. The summed E-state index contributed by atoms with van der Waals surface area (Å²) in [5.41, 5.74) is 2.76. The molecule has 5 heteroatoms. The lowest BCUT2D eigenvalue weighted by atomic mass is 10.2. The van der Waals surface area contributed by atoms with Crippen molar-refractivity contribution in [2.75, 3.05) is 18.0 Å². The third-order valence-electron chi connectivity index (χ3n) is 3.63. The molecule has 3 heterocycles. The Balaban J connectivity index is 2.20. The molecule has 1 aliphatic heterocycles. The topological polar surface area (TPSA) is 54.2 Å². The smallest absolute Gasteiger partial charge is 0.160 e. The third kappa shape index (κ3) is 1.66. The first-order valence-corrected chi connectivity index (χ1v) is 6.39. The van der Waals surface area contributed by atoms with Crippen molar-refractivity contribution in [3.8, 4) is 0 Å². The second-order valence-electron chi connectivity index (χ2n) is 4.90. The SMILES string of the molecule is Cc1nn(C)c2nc(N3CCCC3)c(CO)cc12. The van der Waals surface area contributed by atoms with Gasteiger partial charge in [-0.2, -0.15) is 5.10 Å². The van der Waals surface area contributed by atoms with Crippen molar-refractivity contribution in [2.45, 2.75) is 26.4 Å². The van der Waals surface area contributed by atoms with E-state index in [2.05, 4.69) is 10.00 Å². The Morgan fingerprint density at radius 2 is 2.06 bits per heavy atom. The summed E-state index contributed by atoms with van der Waals surface area (Å²) in [6.07, 6.45) is 2.41. The molecule has 0 radical (unpaired) electrons. The first-order valence-electron chi connectivity index (χ1n) is 6.39. The van der Waals surface area contributed by atoms with Gasteiger partial charge < -0.3 is 10.0 Å². The summed E-state index contributed by atoms with van der Waals surface area (Å²) in [7, 11) is 1.91. The first kappa shape index (κ1) is 11.5. The van der Waals surface area contributed by atoms with E-state index >= 15 is 0 Å². The van der Waals surface area contributed by atoms with Crippen LogP contribution in [0, 0.1) is 6.92 Å². The van der Waals surface area contributed by atoms with Crippen LogP contribution in [0.15, 0.2) is 6.07 Å². The Morgan fingerprint density at radius 1 is 1.33 bits per heavy atom. The van der Waals surface area contributed by atoms with Crippen LogP contribution in [0.2, 0.25) is 0 Å². The molecule has 5 nitrogen and oxygen atoms in total. The lowest BCUT2D eigenvalue weighted by Crippen LogP contribution is -2.21. The molecular weight excluding hydrogens is 228 g/mol. The quantitative estimate of drug-likeness (QED) is 0.869. The van der Waals surface area contributed by atoms with Gasteiger partial charge in [0.15, 0.2) is 5.65 Å². The van der Waals surface area contributed by atoms with Crippen LogP contribution >= 0.6 is 0 Å². The minimum atomic E-state index is 0.0309. The van der Waals surface area contributed by atoms with Gasteiger partial charge in [0.25, 0.3) is 0 Å². The van der Waals surface area contributed by atoms with E-state index in [0.29, 0.717) is 0 Å². The highest BCUT2D eigenvalue weighted by Crippen LogP contribution is 2.27. The molecule has 1 N–H and O–H groups in total. The summed E-state index contributed by atoms with van der Waals surface area (Å²) in [4.78, 5) is 6.97. The summed E-state index contributed by atoms with van der Waals surface area (Å²) in [6, 6.07) is 2.03. The number of aromatic nitrogens is 3. The van der Waals surface area contributed by atoms with Gasteiger partial charge in [-0.1, -0.05) is 0 Å². The second kappa shape index (κ2) is 4.24. The minimum absolute atomic E-state index is 0.0309. The maximum Gasteiger partial charge on any atom is 0.160 e. The normalized spacial score (nSPS) is 15.8. The van der Waals surface area contributed by atoms with E-state index in [9.17, 15) is 5.11 Å². The highest BCUT2D eigenvalue weighted by molar-refractivity contribution is 5.81.